The van der Waals surface area contributed by atoms with Gasteiger partial charge in [0.05, 0.1) is 26.4 Å². The highest BCUT2D eigenvalue weighted by Gasteiger charge is 2.30. The topological polar surface area (TPSA) is 237 Å². The van der Waals surface area contributed by atoms with Crippen molar-refractivity contribution in [1.29, 1.82) is 0 Å². The minimum absolute atomic E-state index is 0.0841. The molecule has 0 heterocycles. The number of ether oxygens (including phenoxy) is 4. The normalized spacial score (nSPS) is 14.7. The third-order valence-electron chi connectivity index (χ3n) is 15.6. The van der Waals surface area contributed by atoms with Crippen LogP contribution in [-0.2, 0) is 65.4 Å². The average molecular weight is 1290 g/mol. The van der Waals surface area contributed by atoms with Crippen molar-refractivity contribution in [1.82, 2.24) is 0 Å². The second-order valence-electron chi connectivity index (χ2n) is 25.4. The van der Waals surface area contributed by atoms with Crippen molar-refractivity contribution in [2.75, 3.05) is 39.6 Å². The van der Waals surface area contributed by atoms with Crippen LogP contribution in [0.2, 0.25) is 0 Å². The Bertz CT molecular complexity index is 1830. The lowest BCUT2D eigenvalue weighted by Gasteiger charge is -2.21. The largest absolute Gasteiger partial charge is 0.472 e. The summed E-state index contributed by atoms with van der Waals surface area (Å²) in [6.07, 6.45) is 45.4. The number of rotatable bonds is 65. The molecule has 0 aliphatic heterocycles. The van der Waals surface area contributed by atoms with Crippen LogP contribution < -0.4 is 0 Å². The van der Waals surface area contributed by atoms with Gasteiger partial charge in [0.25, 0.3) is 0 Å². The maximum absolute atomic E-state index is 13.0. The number of phosphoric acid groups is 2. The van der Waals surface area contributed by atoms with Crippen molar-refractivity contribution < 1.29 is 80.2 Å². The Morgan fingerprint density at radius 3 is 1.01 bits per heavy atom. The van der Waals surface area contributed by atoms with Crippen molar-refractivity contribution in [2.24, 2.45) is 17.8 Å². The van der Waals surface area contributed by atoms with Crippen molar-refractivity contribution in [3.05, 3.63) is 24.3 Å². The molecule has 88 heavy (non-hydrogen) atoms. The van der Waals surface area contributed by atoms with Gasteiger partial charge in [-0.1, -0.05) is 265 Å². The van der Waals surface area contributed by atoms with Crippen molar-refractivity contribution >= 4 is 39.5 Å². The van der Waals surface area contributed by atoms with Gasteiger partial charge in [-0.15, -0.1) is 0 Å². The molecule has 0 spiro atoms. The average Bonchev–Trinajstić information content (AvgIpc) is 3.71. The van der Waals surface area contributed by atoms with Gasteiger partial charge in [0.1, 0.15) is 19.3 Å². The molecule has 0 radical (unpaired) electrons. The summed E-state index contributed by atoms with van der Waals surface area (Å²) in [6, 6.07) is 0. The number of esters is 4. The molecule has 0 fully saturated rings. The van der Waals surface area contributed by atoms with E-state index in [9.17, 15) is 43.2 Å². The van der Waals surface area contributed by atoms with Gasteiger partial charge in [-0.05, 0) is 69.1 Å². The standard InChI is InChI=1S/C69H130O17P2/c1-8-10-11-12-13-14-15-16-17-18-19-24-29-38-45-52-68(73)85-64(56-79-66(71)50-43-36-28-23-21-20-22-26-33-40-47-60(3)4)58-83-87(75,76)81-54-63(70)55-82-88(77,78)84-59-65(86-69(74)53-46-39-32-31-35-42-49-62(7)9-2)57-80-67(72)51-44-37-30-25-27-34-41-48-61(5)6/h14-17,60-65,70H,8-13,18-59H2,1-7H3,(H,75,76)(H,77,78)/b15-14-,17-16-/t62?,63?,64-,65-/m1/s1. The smallest absolute Gasteiger partial charge is 0.462 e. The summed E-state index contributed by atoms with van der Waals surface area (Å²) < 4.78 is 68.1. The summed E-state index contributed by atoms with van der Waals surface area (Å²) >= 11 is 0. The van der Waals surface area contributed by atoms with E-state index in [1.54, 1.807) is 0 Å². The van der Waals surface area contributed by atoms with Crippen molar-refractivity contribution in [3.63, 3.8) is 0 Å². The van der Waals surface area contributed by atoms with E-state index in [0.717, 1.165) is 121 Å². The SMILES string of the molecule is CCCCCC/C=C\C=C/CCCCCCCC(=O)O[C@H](COC(=O)CCCCCCCCCCCCC(C)C)COP(=O)(O)OCC(O)COP(=O)(O)OC[C@@H](COC(=O)CCCCCCCCCC(C)C)OC(=O)CCCCCCCCC(C)CC. The Labute approximate surface area is 535 Å². The summed E-state index contributed by atoms with van der Waals surface area (Å²) in [7, 11) is -9.91. The Balaban J connectivity index is 5.29. The van der Waals surface area contributed by atoms with E-state index in [-0.39, 0.29) is 25.7 Å². The molecule has 518 valence electrons. The molecule has 17 nitrogen and oxygen atoms in total. The van der Waals surface area contributed by atoms with Crippen LogP contribution in [0.1, 0.15) is 318 Å². The van der Waals surface area contributed by atoms with Crippen LogP contribution in [0.4, 0.5) is 0 Å². The van der Waals surface area contributed by atoms with Crippen molar-refractivity contribution in [2.45, 2.75) is 336 Å². The van der Waals surface area contributed by atoms with Crippen LogP contribution in [-0.4, -0.2) is 96.7 Å². The Kier molecular flexibility index (Phi) is 57.9. The van der Waals surface area contributed by atoms with Crippen LogP contribution in [0.25, 0.3) is 0 Å². The van der Waals surface area contributed by atoms with Gasteiger partial charge >= 0.3 is 39.5 Å². The molecule has 0 aliphatic rings. The minimum atomic E-state index is -4.96. The molecule has 0 saturated heterocycles. The molecule has 0 saturated carbocycles. The second-order valence-corrected chi connectivity index (χ2v) is 28.3. The zero-order valence-electron chi connectivity index (χ0n) is 56.7. The molecular formula is C69H130O17P2. The van der Waals surface area contributed by atoms with Crippen LogP contribution in [0.15, 0.2) is 24.3 Å². The number of phosphoric ester groups is 2. The summed E-state index contributed by atoms with van der Waals surface area (Å²) in [5.74, 6) is 0.0151. The second kappa shape index (κ2) is 59.5. The zero-order valence-corrected chi connectivity index (χ0v) is 58.5. The summed E-state index contributed by atoms with van der Waals surface area (Å²) in [5.41, 5.74) is 0. The first-order valence-corrected chi connectivity index (χ1v) is 38.2. The monoisotopic (exact) mass is 1290 g/mol. The molecule has 0 aliphatic carbocycles. The van der Waals surface area contributed by atoms with Crippen LogP contribution in [0.3, 0.4) is 0 Å². The minimum Gasteiger partial charge on any atom is -0.462 e. The summed E-state index contributed by atoms with van der Waals surface area (Å²) in [4.78, 5) is 72.4. The number of carbonyl (C=O) groups excluding carboxylic acids is 4. The number of unbranched alkanes of at least 4 members (excludes halogenated alkanes) is 29. The maximum atomic E-state index is 13.0. The van der Waals surface area contributed by atoms with Crippen LogP contribution >= 0.6 is 15.6 Å². The lowest BCUT2D eigenvalue weighted by molar-refractivity contribution is -0.161. The molecule has 0 amide bonds. The number of aliphatic hydroxyl groups is 1. The van der Waals surface area contributed by atoms with E-state index in [2.05, 4.69) is 72.8 Å². The lowest BCUT2D eigenvalue weighted by Crippen LogP contribution is -2.30. The highest BCUT2D eigenvalue weighted by atomic mass is 31.2. The van der Waals surface area contributed by atoms with E-state index in [1.807, 2.05) is 0 Å². The van der Waals surface area contributed by atoms with E-state index in [1.165, 1.54) is 109 Å². The highest BCUT2D eigenvalue weighted by molar-refractivity contribution is 7.47. The maximum Gasteiger partial charge on any atom is 0.472 e. The fourth-order valence-electron chi connectivity index (χ4n) is 9.79. The van der Waals surface area contributed by atoms with E-state index < -0.39 is 97.5 Å². The number of hydrogen-bond acceptors (Lipinski definition) is 15. The van der Waals surface area contributed by atoms with Crippen LogP contribution in [0, 0.1) is 17.8 Å². The van der Waals surface area contributed by atoms with E-state index in [4.69, 9.17) is 37.0 Å². The first-order chi connectivity index (χ1) is 42.3. The van der Waals surface area contributed by atoms with Gasteiger partial charge in [0.15, 0.2) is 12.2 Å². The molecule has 6 atom stereocenters. The highest BCUT2D eigenvalue weighted by Crippen LogP contribution is 2.45. The molecule has 0 aromatic rings. The fourth-order valence-corrected chi connectivity index (χ4v) is 11.4. The first-order valence-electron chi connectivity index (χ1n) is 35.2. The zero-order chi connectivity index (χ0) is 65.2. The fraction of sp³-hybridized carbons (Fsp3) is 0.884. The number of allylic oxidation sites excluding steroid dienone is 4. The van der Waals surface area contributed by atoms with Gasteiger partial charge in [0.2, 0.25) is 0 Å². The number of carbonyl (C=O) groups is 4. The van der Waals surface area contributed by atoms with E-state index >= 15 is 0 Å². The third-order valence-corrected chi connectivity index (χ3v) is 17.5. The molecular weight excluding hydrogens is 1160 g/mol. The van der Waals surface area contributed by atoms with Gasteiger partial charge in [-0.2, -0.15) is 0 Å². The predicted octanol–water partition coefficient (Wildman–Crippen LogP) is 19.0. The molecule has 0 aromatic carbocycles. The molecule has 4 unspecified atom stereocenters. The summed E-state index contributed by atoms with van der Waals surface area (Å²) in [5, 5.41) is 10.6. The summed E-state index contributed by atoms with van der Waals surface area (Å²) in [6.45, 7) is 11.7. The molecule has 0 rings (SSSR count). The number of hydrogen-bond donors (Lipinski definition) is 3. The molecule has 19 heteroatoms. The third kappa shape index (κ3) is 61.1. The lowest BCUT2D eigenvalue weighted by atomic mass is 10.00. The van der Waals surface area contributed by atoms with Gasteiger partial charge in [-0.3, -0.25) is 37.3 Å². The first kappa shape index (κ1) is 85.5. The Hall–Kier alpha value is -2.46. The molecule has 0 bridgehead atoms. The van der Waals surface area contributed by atoms with Crippen LogP contribution in [0.5, 0.6) is 0 Å². The molecule has 3 N–H and O–H groups in total. The Morgan fingerprint density at radius 1 is 0.375 bits per heavy atom. The predicted molar refractivity (Wildman–Crippen MR) is 354 cm³/mol. The quantitative estimate of drug-likeness (QED) is 0.0169. The molecule has 0 aromatic heterocycles. The number of aliphatic hydroxyl groups excluding tert-OH is 1. The van der Waals surface area contributed by atoms with Crippen molar-refractivity contribution in [3.8, 4) is 0 Å². The van der Waals surface area contributed by atoms with Gasteiger partial charge in [0, 0.05) is 25.7 Å². The van der Waals surface area contributed by atoms with Gasteiger partial charge < -0.3 is 33.8 Å². The van der Waals surface area contributed by atoms with E-state index in [0.29, 0.717) is 31.6 Å². The van der Waals surface area contributed by atoms with Gasteiger partial charge in [-0.25, -0.2) is 9.13 Å². The Morgan fingerprint density at radius 2 is 0.670 bits per heavy atom.